The topological polar surface area (TPSA) is 118 Å². The fraction of sp³-hybridized carbons (Fsp3) is 0.421. The summed E-state index contributed by atoms with van der Waals surface area (Å²) in [5.74, 6) is 0.590. The Balaban J connectivity index is 1.59. The summed E-state index contributed by atoms with van der Waals surface area (Å²) < 4.78 is 38.8. The number of carbonyl (C=O) groups excluding carboxylic acids is 1. The van der Waals surface area contributed by atoms with Gasteiger partial charge in [0.1, 0.15) is 5.75 Å². The van der Waals surface area contributed by atoms with Crippen LogP contribution in [0, 0.1) is 0 Å². The Morgan fingerprint density at radius 1 is 1.21 bits per heavy atom. The van der Waals surface area contributed by atoms with Gasteiger partial charge in [-0.25, -0.2) is 9.52 Å². The molecular formula is C19H21BrN2O6S. The number of hydrogen-bond acceptors (Lipinski definition) is 6. The average molecular weight is 485 g/mol. The van der Waals surface area contributed by atoms with Crippen LogP contribution in [0.15, 0.2) is 26.3 Å². The molecule has 2 heterocycles. The highest BCUT2D eigenvalue weighted by Crippen LogP contribution is 2.47. The first-order chi connectivity index (χ1) is 13.6. The maximum absolute atomic E-state index is 12.5. The first-order valence-corrected chi connectivity index (χ1v) is 11.5. The number of fused-ring (bicyclic) bond motifs is 2. The zero-order chi connectivity index (χ0) is 21.0. The SMILES string of the molecule is CC(C)(O)c1coc(S(=O)(=O)NC(=O)Nc2c3c(c(Br)c4c2OCC4)CCC3)c1. The van der Waals surface area contributed by atoms with Gasteiger partial charge in [-0.1, -0.05) is 15.9 Å². The number of aliphatic hydroxyl groups is 1. The van der Waals surface area contributed by atoms with E-state index in [1.54, 1.807) is 0 Å². The van der Waals surface area contributed by atoms with E-state index in [1.165, 1.54) is 19.9 Å². The van der Waals surface area contributed by atoms with Crippen molar-refractivity contribution in [3.05, 3.63) is 39.1 Å². The summed E-state index contributed by atoms with van der Waals surface area (Å²) in [5, 5.41) is 12.2. The lowest BCUT2D eigenvalue weighted by atomic mass is 10.0. The summed E-state index contributed by atoms with van der Waals surface area (Å²) in [7, 11) is -4.25. The van der Waals surface area contributed by atoms with Crippen molar-refractivity contribution in [2.45, 2.75) is 50.2 Å². The first kappa shape index (κ1) is 20.2. The fourth-order valence-electron chi connectivity index (χ4n) is 3.69. The lowest BCUT2D eigenvalue weighted by Crippen LogP contribution is -2.34. The van der Waals surface area contributed by atoms with Gasteiger partial charge in [-0.2, -0.15) is 8.42 Å². The summed E-state index contributed by atoms with van der Waals surface area (Å²) in [4.78, 5) is 12.5. The van der Waals surface area contributed by atoms with Gasteiger partial charge in [0.25, 0.3) is 10.0 Å². The summed E-state index contributed by atoms with van der Waals surface area (Å²) in [5.41, 5.74) is 2.63. The molecule has 1 aliphatic carbocycles. The molecule has 0 atom stereocenters. The van der Waals surface area contributed by atoms with E-state index in [2.05, 4.69) is 21.2 Å². The highest BCUT2D eigenvalue weighted by atomic mass is 79.9. The van der Waals surface area contributed by atoms with Gasteiger partial charge >= 0.3 is 6.03 Å². The summed E-state index contributed by atoms with van der Waals surface area (Å²) >= 11 is 3.64. The van der Waals surface area contributed by atoms with Crippen LogP contribution in [-0.4, -0.2) is 26.2 Å². The molecule has 1 aliphatic heterocycles. The van der Waals surface area contributed by atoms with E-state index >= 15 is 0 Å². The Bertz CT molecular complexity index is 1070. The van der Waals surface area contributed by atoms with Gasteiger partial charge in [0.2, 0.25) is 5.09 Å². The molecule has 156 valence electrons. The molecule has 2 amide bonds. The summed E-state index contributed by atoms with van der Waals surface area (Å²) in [6.07, 6.45) is 4.50. The van der Waals surface area contributed by atoms with Crippen molar-refractivity contribution in [1.82, 2.24) is 4.72 Å². The van der Waals surface area contributed by atoms with Crippen LogP contribution in [0.5, 0.6) is 5.75 Å². The number of amides is 2. The van der Waals surface area contributed by atoms with Crippen LogP contribution >= 0.6 is 15.9 Å². The Labute approximate surface area is 176 Å². The number of nitrogens with one attached hydrogen (secondary N) is 2. The van der Waals surface area contributed by atoms with Crippen molar-refractivity contribution in [3.63, 3.8) is 0 Å². The number of furan rings is 1. The summed E-state index contributed by atoms with van der Waals surface area (Å²) in [6.45, 7) is 3.52. The molecule has 0 radical (unpaired) electrons. The van der Waals surface area contributed by atoms with Gasteiger partial charge in [0, 0.05) is 28.1 Å². The first-order valence-electron chi connectivity index (χ1n) is 9.22. The predicted molar refractivity (Wildman–Crippen MR) is 109 cm³/mol. The van der Waals surface area contributed by atoms with Gasteiger partial charge in [0.15, 0.2) is 0 Å². The average Bonchev–Trinajstić information content (AvgIpc) is 3.37. The molecule has 0 bridgehead atoms. The van der Waals surface area contributed by atoms with Crippen LogP contribution in [0.3, 0.4) is 0 Å². The fourth-order valence-corrected chi connectivity index (χ4v) is 5.36. The standard InChI is InChI=1S/C19H21BrN2O6S/c1-19(2,24)10-8-14(28-9-10)29(25,26)22-18(23)21-16-12-5-3-4-11(12)15(20)13-6-7-27-17(13)16/h8-9,24H,3-7H2,1-2H3,(H2,21,22,23). The lowest BCUT2D eigenvalue weighted by molar-refractivity contribution is 0.0779. The molecule has 8 nitrogen and oxygen atoms in total. The van der Waals surface area contributed by atoms with Crippen molar-refractivity contribution in [2.75, 3.05) is 11.9 Å². The third-order valence-corrected chi connectivity index (χ3v) is 7.32. The largest absolute Gasteiger partial charge is 0.491 e. The number of benzene rings is 1. The van der Waals surface area contributed by atoms with E-state index in [0.717, 1.165) is 53.1 Å². The highest BCUT2D eigenvalue weighted by molar-refractivity contribution is 9.10. The highest BCUT2D eigenvalue weighted by Gasteiger charge is 2.31. The Hall–Kier alpha value is -2.04. The molecule has 4 rings (SSSR count). The van der Waals surface area contributed by atoms with Gasteiger partial charge < -0.3 is 19.6 Å². The number of rotatable bonds is 4. The zero-order valence-corrected chi connectivity index (χ0v) is 18.4. The van der Waals surface area contributed by atoms with Gasteiger partial charge in [-0.3, -0.25) is 0 Å². The molecule has 0 fully saturated rings. The van der Waals surface area contributed by atoms with Crippen molar-refractivity contribution < 1.29 is 27.5 Å². The molecule has 1 aromatic carbocycles. The molecule has 0 saturated heterocycles. The van der Waals surface area contributed by atoms with Gasteiger partial charge in [-0.15, -0.1) is 0 Å². The molecule has 3 N–H and O–H groups in total. The smallest absolute Gasteiger partial charge is 0.333 e. The van der Waals surface area contributed by atoms with E-state index in [-0.39, 0.29) is 5.56 Å². The van der Waals surface area contributed by atoms with E-state index in [9.17, 15) is 18.3 Å². The van der Waals surface area contributed by atoms with Crippen molar-refractivity contribution in [3.8, 4) is 5.75 Å². The molecular weight excluding hydrogens is 464 g/mol. The second-order valence-electron chi connectivity index (χ2n) is 7.68. The molecule has 2 aromatic rings. The number of hydrogen-bond donors (Lipinski definition) is 3. The number of halogens is 1. The second-order valence-corrected chi connectivity index (χ2v) is 10.1. The number of urea groups is 1. The van der Waals surface area contributed by atoms with Gasteiger partial charge in [-0.05, 0) is 44.2 Å². The van der Waals surface area contributed by atoms with Crippen LogP contribution in [-0.2, 0) is 34.9 Å². The number of sulfonamides is 1. The third kappa shape index (κ3) is 3.64. The summed E-state index contributed by atoms with van der Waals surface area (Å²) in [6, 6.07) is 0.286. The van der Waals surface area contributed by atoms with E-state index in [1.807, 2.05) is 4.72 Å². The van der Waals surface area contributed by atoms with Crippen LogP contribution in [0.1, 0.15) is 42.5 Å². The van der Waals surface area contributed by atoms with Crippen molar-refractivity contribution in [2.24, 2.45) is 0 Å². The molecule has 0 unspecified atom stereocenters. The van der Waals surface area contributed by atoms with Gasteiger partial charge in [0.05, 0.1) is 24.2 Å². The maximum Gasteiger partial charge on any atom is 0.333 e. The minimum atomic E-state index is -4.25. The van der Waals surface area contributed by atoms with Crippen LogP contribution in [0.4, 0.5) is 10.5 Å². The van der Waals surface area contributed by atoms with E-state index in [4.69, 9.17) is 9.15 Å². The molecule has 2 aliphatic rings. The molecule has 29 heavy (non-hydrogen) atoms. The van der Waals surface area contributed by atoms with Crippen LogP contribution < -0.4 is 14.8 Å². The second kappa shape index (κ2) is 7.03. The lowest BCUT2D eigenvalue weighted by Gasteiger charge is -2.17. The molecule has 10 heteroatoms. The molecule has 0 saturated carbocycles. The Morgan fingerprint density at radius 3 is 2.62 bits per heavy atom. The monoisotopic (exact) mass is 484 g/mol. The Kier molecular flexibility index (Phi) is 4.91. The normalized spacial score (nSPS) is 15.6. The van der Waals surface area contributed by atoms with Crippen LogP contribution in [0.2, 0.25) is 0 Å². The Morgan fingerprint density at radius 2 is 1.93 bits per heavy atom. The number of ether oxygens (including phenoxy) is 1. The van der Waals surface area contributed by atoms with E-state index in [0.29, 0.717) is 18.0 Å². The minimum Gasteiger partial charge on any atom is -0.491 e. The third-order valence-electron chi connectivity index (χ3n) is 5.16. The number of anilines is 1. The van der Waals surface area contributed by atoms with E-state index < -0.39 is 26.7 Å². The van der Waals surface area contributed by atoms with Crippen LogP contribution in [0.25, 0.3) is 0 Å². The zero-order valence-electron chi connectivity index (χ0n) is 16.0. The molecule has 1 aromatic heterocycles. The van der Waals surface area contributed by atoms with Crippen molar-refractivity contribution >= 4 is 37.7 Å². The number of carbonyl (C=O) groups is 1. The quantitative estimate of drug-likeness (QED) is 0.612. The van der Waals surface area contributed by atoms with Crippen molar-refractivity contribution in [1.29, 1.82) is 0 Å². The maximum atomic E-state index is 12.5. The predicted octanol–water partition coefficient (Wildman–Crippen LogP) is 3.20. The molecule has 0 spiro atoms. The minimum absolute atomic E-state index is 0.287.